The maximum absolute atomic E-state index is 12.3. The molecule has 0 spiro atoms. The molecule has 0 saturated heterocycles. The van der Waals surface area contributed by atoms with Crippen LogP contribution in [-0.2, 0) is 19.6 Å². The predicted molar refractivity (Wildman–Crippen MR) is 105 cm³/mol. The molecule has 1 aliphatic rings. The van der Waals surface area contributed by atoms with Crippen LogP contribution < -0.4 is 15.0 Å². The highest BCUT2D eigenvalue weighted by molar-refractivity contribution is 7.89. The molecule has 1 aliphatic heterocycles. The van der Waals surface area contributed by atoms with Gasteiger partial charge in [-0.3, -0.25) is 9.59 Å². The van der Waals surface area contributed by atoms with Crippen molar-refractivity contribution in [1.29, 1.82) is 0 Å². The van der Waals surface area contributed by atoms with Crippen LogP contribution in [0.1, 0.15) is 6.42 Å². The number of sulfonamides is 1. The van der Waals surface area contributed by atoms with Crippen LogP contribution in [0.3, 0.4) is 0 Å². The van der Waals surface area contributed by atoms with Crippen LogP contribution in [-0.4, -0.2) is 51.8 Å². The molecule has 1 heterocycles. The van der Waals surface area contributed by atoms with E-state index in [2.05, 4.69) is 5.32 Å². The number of nitrogens with zero attached hydrogens (tertiary/aromatic N) is 2. The summed E-state index contributed by atoms with van der Waals surface area (Å²) < 4.78 is 30.9. The number of nitrogens with one attached hydrogen (secondary N) is 1. The van der Waals surface area contributed by atoms with E-state index in [1.165, 1.54) is 31.1 Å². The van der Waals surface area contributed by atoms with Gasteiger partial charge in [-0.05, 0) is 30.3 Å². The van der Waals surface area contributed by atoms with Crippen LogP contribution in [0, 0.1) is 0 Å². The lowest BCUT2D eigenvalue weighted by atomic mass is 10.2. The van der Waals surface area contributed by atoms with E-state index in [1.54, 1.807) is 30.3 Å². The number of hydrogen-bond donors (Lipinski definition) is 1. The summed E-state index contributed by atoms with van der Waals surface area (Å²) in [6.45, 7) is 0.129. The van der Waals surface area contributed by atoms with Gasteiger partial charge in [0.05, 0.1) is 10.6 Å². The Bertz CT molecular complexity index is 1000. The summed E-state index contributed by atoms with van der Waals surface area (Å²) in [7, 11) is -0.706. The molecule has 0 fully saturated rings. The molecule has 0 aliphatic carbocycles. The molecular formula is C19H21N3O5S. The normalized spacial score (nSPS) is 13.8. The minimum atomic E-state index is -3.59. The Kier molecular flexibility index (Phi) is 5.66. The molecule has 1 N–H and O–H groups in total. The van der Waals surface area contributed by atoms with Crippen molar-refractivity contribution in [1.82, 2.24) is 4.31 Å². The number of benzene rings is 2. The van der Waals surface area contributed by atoms with E-state index in [-0.39, 0.29) is 36.3 Å². The highest BCUT2D eigenvalue weighted by Gasteiger charge is 2.25. The fourth-order valence-electron chi connectivity index (χ4n) is 2.78. The van der Waals surface area contributed by atoms with Crippen LogP contribution in [0.4, 0.5) is 11.4 Å². The van der Waals surface area contributed by atoms with Gasteiger partial charge in [0.2, 0.25) is 15.9 Å². The van der Waals surface area contributed by atoms with Gasteiger partial charge in [0.1, 0.15) is 5.75 Å². The first-order valence-electron chi connectivity index (χ1n) is 8.63. The van der Waals surface area contributed by atoms with Gasteiger partial charge in [-0.1, -0.05) is 18.2 Å². The monoisotopic (exact) mass is 403 g/mol. The number of para-hydroxylation sites is 2. The summed E-state index contributed by atoms with van der Waals surface area (Å²) >= 11 is 0. The summed E-state index contributed by atoms with van der Waals surface area (Å²) in [6.07, 6.45) is 0.0603. The van der Waals surface area contributed by atoms with Crippen LogP contribution >= 0.6 is 0 Å². The average Bonchev–Trinajstić information content (AvgIpc) is 2.67. The predicted octanol–water partition coefficient (Wildman–Crippen LogP) is 1.69. The number of carbonyl (C=O) groups excluding carboxylic acids is 2. The Morgan fingerprint density at radius 2 is 1.93 bits per heavy atom. The van der Waals surface area contributed by atoms with Crippen LogP contribution in [0.5, 0.6) is 5.75 Å². The van der Waals surface area contributed by atoms with Crippen LogP contribution in [0.25, 0.3) is 0 Å². The van der Waals surface area contributed by atoms with E-state index < -0.39 is 10.0 Å². The Morgan fingerprint density at radius 3 is 2.68 bits per heavy atom. The van der Waals surface area contributed by atoms with Crippen molar-refractivity contribution in [3.05, 3.63) is 48.5 Å². The van der Waals surface area contributed by atoms with Gasteiger partial charge in [-0.15, -0.1) is 0 Å². The zero-order valence-corrected chi connectivity index (χ0v) is 16.4. The van der Waals surface area contributed by atoms with Crippen molar-refractivity contribution in [3.63, 3.8) is 0 Å². The van der Waals surface area contributed by atoms with E-state index in [1.807, 2.05) is 6.07 Å². The molecule has 0 saturated carbocycles. The molecule has 0 bridgehead atoms. The van der Waals surface area contributed by atoms with Crippen LogP contribution in [0.2, 0.25) is 0 Å². The highest BCUT2D eigenvalue weighted by atomic mass is 32.2. The second kappa shape index (κ2) is 7.99. The summed E-state index contributed by atoms with van der Waals surface area (Å²) in [4.78, 5) is 26.1. The van der Waals surface area contributed by atoms with Crippen molar-refractivity contribution in [2.45, 2.75) is 11.3 Å². The molecule has 9 heteroatoms. The lowest BCUT2D eigenvalue weighted by molar-refractivity contribution is -0.121. The molecule has 28 heavy (non-hydrogen) atoms. The molecule has 2 aromatic rings. The highest BCUT2D eigenvalue weighted by Crippen LogP contribution is 2.31. The number of anilines is 2. The number of ether oxygens (including phenoxy) is 1. The lowest BCUT2D eigenvalue weighted by Gasteiger charge is -2.29. The van der Waals surface area contributed by atoms with E-state index in [4.69, 9.17) is 4.74 Å². The molecule has 148 valence electrons. The van der Waals surface area contributed by atoms with Crippen molar-refractivity contribution in [2.75, 3.05) is 37.5 Å². The van der Waals surface area contributed by atoms with Crippen molar-refractivity contribution >= 4 is 33.2 Å². The Labute approximate surface area is 163 Å². The van der Waals surface area contributed by atoms with Gasteiger partial charge in [-0.25, -0.2) is 12.7 Å². The summed E-state index contributed by atoms with van der Waals surface area (Å²) in [6, 6.07) is 13.2. The zero-order chi connectivity index (χ0) is 20.3. The summed E-state index contributed by atoms with van der Waals surface area (Å²) in [5, 5.41) is 2.68. The first kappa shape index (κ1) is 19.8. The Morgan fingerprint density at radius 1 is 1.18 bits per heavy atom. The molecule has 8 nitrogen and oxygen atoms in total. The van der Waals surface area contributed by atoms with E-state index in [0.717, 1.165) is 4.31 Å². The first-order valence-corrected chi connectivity index (χ1v) is 10.1. The van der Waals surface area contributed by atoms with Crippen molar-refractivity contribution < 1.29 is 22.7 Å². The third-order valence-electron chi connectivity index (χ3n) is 4.27. The van der Waals surface area contributed by atoms with E-state index >= 15 is 0 Å². The fourth-order valence-corrected chi connectivity index (χ4v) is 3.73. The van der Waals surface area contributed by atoms with Gasteiger partial charge in [0.15, 0.2) is 6.61 Å². The Hall–Kier alpha value is -2.91. The largest absolute Gasteiger partial charge is 0.482 e. The maximum Gasteiger partial charge on any atom is 0.265 e. The van der Waals surface area contributed by atoms with Crippen molar-refractivity contribution in [3.8, 4) is 5.75 Å². The molecule has 0 radical (unpaired) electrons. The molecule has 2 amide bonds. The summed E-state index contributed by atoms with van der Waals surface area (Å²) in [5.41, 5.74) is 1.01. The zero-order valence-electron chi connectivity index (χ0n) is 15.6. The van der Waals surface area contributed by atoms with Gasteiger partial charge in [0, 0.05) is 32.7 Å². The minimum absolute atomic E-state index is 0.0603. The lowest BCUT2D eigenvalue weighted by Crippen LogP contribution is -2.40. The number of hydrogen-bond acceptors (Lipinski definition) is 5. The molecule has 0 unspecified atom stereocenters. The third kappa shape index (κ3) is 4.15. The van der Waals surface area contributed by atoms with Gasteiger partial charge < -0.3 is 15.0 Å². The number of rotatable bonds is 6. The topological polar surface area (TPSA) is 96.0 Å². The maximum atomic E-state index is 12.3. The van der Waals surface area contributed by atoms with E-state index in [0.29, 0.717) is 17.1 Å². The molecule has 0 atom stereocenters. The standard InChI is InChI=1S/C19H21N3O5S/c1-21(2)28(25,26)15-7-5-6-14(12-15)20-18(23)10-11-22-16-8-3-4-9-17(16)27-13-19(22)24/h3-9,12H,10-11,13H2,1-2H3,(H,20,23). The SMILES string of the molecule is CN(C)S(=O)(=O)c1cccc(NC(=O)CCN2C(=O)COc3ccccc32)c1. The smallest absolute Gasteiger partial charge is 0.265 e. The fraction of sp³-hybridized carbons (Fsp3) is 0.263. The quantitative estimate of drug-likeness (QED) is 0.792. The van der Waals surface area contributed by atoms with Gasteiger partial charge in [-0.2, -0.15) is 0 Å². The van der Waals surface area contributed by atoms with Gasteiger partial charge >= 0.3 is 0 Å². The number of fused-ring (bicyclic) bond motifs is 1. The second-order valence-electron chi connectivity index (χ2n) is 6.42. The first-order chi connectivity index (χ1) is 13.3. The number of carbonyl (C=O) groups is 2. The second-order valence-corrected chi connectivity index (χ2v) is 8.57. The average molecular weight is 403 g/mol. The van der Waals surface area contributed by atoms with E-state index in [9.17, 15) is 18.0 Å². The van der Waals surface area contributed by atoms with Crippen molar-refractivity contribution in [2.24, 2.45) is 0 Å². The minimum Gasteiger partial charge on any atom is -0.482 e. The molecule has 3 rings (SSSR count). The summed E-state index contributed by atoms with van der Waals surface area (Å²) in [5.74, 6) is 0.0610. The molecule has 0 aromatic heterocycles. The van der Waals surface area contributed by atoms with Gasteiger partial charge in [0.25, 0.3) is 5.91 Å². The number of amides is 2. The third-order valence-corrected chi connectivity index (χ3v) is 6.08. The molecular weight excluding hydrogens is 382 g/mol. The molecule has 2 aromatic carbocycles. The van der Waals surface area contributed by atoms with Crippen LogP contribution in [0.15, 0.2) is 53.4 Å². The Balaban J connectivity index is 1.67.